The fourth-order valence-electron chi connectivity index (χ4n) is 1.75. The van der Waals surface area contributed by atoms with Crippen molar-refractivity contribution in [1.29, 1.82) is 0 Å². The van der Waals surface area contributed by atoms with E-state index in [9.17, 15) is 9.59 Å². The molecule has 0 radical (unpaired) electrons. The maximum Gasteiger partial charge on any atom is 0.334 e. The lowest BCUT2D eigenvalue weighted by Crippen LogP contribution is -2.33. The van der Waals surface area contributed by atoms with E-state index >= 15 is 0 Å². The van der Waals surface area contributed by atoms with Gasteiger partial charge in [0.25, 0.3) is 5.56 Å². The summed E-state index contributed by atoms with van der Waals surface area (Å²) in [7, 11) is 0. The van der Waals surface area contributed by atoms with E-state index in [1.807, 2.05) is 13.0 Å². The second-order valence-corrected chi connectivity index (χ2v) is 5.05. The molecule has 1 aromatic heterocycles. The number of halogens is 2. The molecule has 0 unspecified atom stereocenters. The van der Waals surface area contributed by atoms with Crippen molar-refractivity contribution < 1.29 is 0 Å². The van der Waals surface area contributed by atoms with Crippen molar-refractivity contribution in [3.8, 4) is 5.69 Å². The van der Waals surface area contributed by atoms with E-state index in [1.165, 1.54) is 6.07 Å². The van der Waals surface area contributed by atoms with Gasteiger partial charge in [-0.2, -0.15) is 0 Å². The molecule has 1 heterocycles. The summed E-state index contributed by atoms with van der Waals surface area (Å²) in [6, 6.07) is 6.59. The molecule has 6 heteroatoms. The molecule has 0 aliphatic heterocycles. The minimum atomic E-state index is -0.537. The second-order valence-electron chi connectivity index (χ2n) is 3.72. The molecule has 1 N–H and O–H groups in total. The van der Waals surface area contributed by atoms with Crippen molar-refractivity contribution in [1.82, 2.24) is 9.55 Å². The van der Waals surface area contributed by atoms with E-state index in [0.29, 0.717) is 12.1 Å². The zero-order valence-corrected chi connectivity index (χ0v) is 11.9. The van der Waals surface area contributed by atoms with E-state index in [1.54, 1.807) is 12.1 Å². The third kappa shape index (κ3) is 2.42. The molecule has 0 aliphatic rings. The highest BCUT2D eigenvalue weighted by molar-refractivity contribution is 9.10. The van der Waals surface area contributed by atoms with Gasteiger partial charge in [-0.15, -0.1) is 0 Å². The SMILES string of the molecule is CCc1cc(Br)ccc1-n1c(=O)cc(Cl)[nH]c1=O. The van der Waals surface area contributed by atoms with Crippen LogP contribution in [0.5, 0.6) is 0 Å². The van der Waals surface area contributed by atoms with Gasteiger partial charge in [-0.05, 0) is 30.2 Å². The van der Waals surface area contributed by atoms with Gasteiger partial charge in [0.15, 0.2) is 0 Å². The third-order valence-electron chi connectivity index (χ3n) is 2.56. The van der Waals surface area contributed by atoms with Crippen LogP contribution in [0.25, 0.3) is 5.69 Å². The van der Waals surface area contributed by atoms with Crippen LogP contribution in [-0.4, -0.2) is 9.55 Å². The highest BCUT2D eigenvalue weighted by Crippen LogP contribution is 2.18. The quantitative estimate of drug-likeness (QED) is 0.861. The minimum Gasteiger partial charge on any atom is -0.297 e. The summed E-state index contributed by atoms with van der Waals surface area (Å²) in [6.45, 7) is 1.96. The number of benzene rings is 1. The fourth-order valence-corrected chi connectivity index (χ4v) is 2.33. The van der Waals surface area contributed by atoms with Crippen LogP contribution in [0.4, 0.5) is 0 Å². The second kappa shape index (κ2) is 5.12. The fraction of sp³-hybridized carbons (Fsp3) is 0.167. The number of nitrogens with one attached hydrogen (secondary N) is 1. The summed E-state index contributed by atoms with van der Waals surface area (Å²) in [4.78, 5) is 26.1. The van der Waals surface area contributed by atoms with E-state index in [4.69, 9.17) is 11.6 Å². The van der Waals surface area contributed by atoms with Crippen LogP contribution in [-0.2, 0) is 6.42 Å². The van der Waals surface area contributed by atoms with Gasteiger partial charge < -0.3 is 0 Å². The van der Waals surface area contributed by atoms with Crippen LogP contribution < -0.4 is 11.2 Å². The maximum absolute atomic E-state index is 11.9. The molecule has 0 spiro atoms. The number of aryl methyl sites for hydroxylation is 1. The average Bonchev–Trinajstić information content (AvgIpc) is 2.29. The first-order chi connectivity index (χ1) is 8.52. The van der Waals surface area contributed by atoms with Gasteiger partial charge in [0.1, 0.15) is 5.15 Å². The Kier molecular flexibility index (Phi) is 3.73. The number of nitrogens with zero attached hydrogens (tertiary/aromatic N) is 1. The Labute approximate surface area is 116 Å². The summed E-state index contributed by atoms with van der Waals surface area (Å²) in [5, 5.41) is 0.0383. The average molecular weight is 330 g/mol. The molecule has 4 nitrogen and oxygen atoms in total. The molecule has 2 aromatic rings. The van der Waals surface area contributed by atoms with Crippen molar-refractivity contribution in [2.75, 3.05) is 0 Å². The summed E-state index contributed by atoms with van der Waals surface area (Å²) in [6.07, 6.45) is 0.712. The lowest BCUT2D eigenvalue weighted by Gasteiger charge is -2.10. The molecule has 0 bridgehead atoms. The molecule has 1 aromatic carbocycles. The molecule has 18 heavy (non-hydrogen) atoms. The van der Waals surface area contributed by atoms with Crippen LogP contribution in [0, 0.1) is 0 Å². The topological polar surface area (TPSA) is 54.9 Å². The first-order valence-corrected chi connectivity index (χ1v) is 6.50. The first-order valence-electron chi connectivity index (χ1n) is 5.33. The standard InChI is InChI=1S/C12H10BrClN2O2/c1-2-7-5-8(13)3-4-9(7)16-11(17)6-10(14)15-12(16)18/h3-6H,2H2,1H3,(H,15,18). The van der Waals surface area contributed by atoms with Crippen LogP contribution in [0.1, 0.15) is 12.5 Å². The number of hydrogen-bond donors (Lipinski definition) is 1. The molecule has 0 atom stereocenters. The van der Waals surface area contributed by atoms with Crippen molar-refractivity contribution in [3.05, 3.63) is 60.3 Å². The smallest absolute Gasteiger partial charge is 0.297 e. The van der Waals surface area contributed by atoms with Crippen LogP contribution in [0.15, 0.2) is 38.3 Å². The van der Waals surface area contributed by atoms with Crippen molar-refractivity contribution in [2.45, 2.75) is 13.3 Å². The van der Waals surface area contributed by atoms with Gasteiger partial charge in [0, 0.05) is 10.5 Å². The van der Waals surface area contributed by atoms with Crippen LogP contribution >= 0.6 is 27.5 Å². The lowest BCUT2D eigenvalue weighted by atomic mass is 10.1. The van der Waals surface area contributed by atoms with E-state index in [-0.39, 0.29) is 5.15 Å². The maximum atomic E-state index is 11.9. The molecule has 0 fully saturated rings. The number of H-pyrrole nitrogens is 1. The zero-order valence-electron chi connectivity index (χ0n) is 9.54. The summed E-state index contributed by atoms with van der Waals surface area (Å²) in [5.41, 5.74) is 0.494. The molecule has 2 rings (SSSR count). The van der Waals surface area contributed by atoms with Crippen LogP contribution in [0.3, 0.4) is 0 Å². The summed E-state index contributed by atoms with van der Waals surface area (Å²) < 4.78 is 1.98. The Morgan fingerprint density at radius 1 is 1.33 bits per heavy atom. The third-order valence-corrected chi connectivity index (χ3v) is 3.26. The molecule has 94 valence electrons. The lowest BCUT2D eigenvalue weighted by molar-refractivity contribution is 0.860. The largest absolute Gasteiger partial charge is 0.334 e. The van der Waals surface area contributed by atoms with Crippen LogP contribution in [0.2, 0.25) is 5.15 Å². The summed E-state index contributed by atoms with van der Waals surface area (Å²) >= 11 is 9.00. The molecular formula is C12H10BrClN2O2. The van der Waals surface area contributed by atoms with Gasteiger partial charge in [-0.25, -0.2) is 9.36 Å². The number of rotatable bonds is 2. The minimum absolute atomic E-state index is 0.0383. The zero-order chi connectivity index (χ0) is 13.3. The van der Waals surface area contributed by atoms with Crippen molar-refractivity contribution in [3.63, 3.8) is 0 Å². The monoisotopic (exact) mass is 328 g/mol. The van der Waals surface area contributed by atoms with Crippen molar-refractivity contribution in [2.24, 2.45) is 0 Å². The van der Waals surface area contributed by atoms with Gasteiger partial charge in [-0.3, -0.25) is 9.78 Å². The molecule has 0 saturated heterocycles. The number of hydrogen-bond acceptors (Lipinski definition) is 2. The van der Waals surface area contributed by atoms with Gasteiger partial charge in [0.2, 0.25) is 0 Å². The molecule has 0 amide bonds. The first kappa shape index (κ1) is 13.1. The summed E-state index contributed by atoms with van der Waals surface area (Å²) in [5.74, 6) is 0. The number of aromatic nitrogens is 2. The molecule has 0 saturated carbocycles. The Balaban J connectivity index is 2.78. The van der Waals surface area contributed by atoms with Gasteiger partial charge in [0.05, 0.1) is 5.69 Å². The predicted octanol–water partition coefficient (Wildman–Crippen LogP) is 2.50. The Hall–Kier alpha value is -1.33. The number of aromatic amines is 1. The molecular weight excluding hydrogens is 320 g/mol. The van der Waals surface area contributed by atoms with E-state index in [2.05, 4.69) is 20.9 Å². The van der Waals surface area contributed by atoms with Gasteiger partial charge in [-0.1, -0.05) is 34.5 Å². The Morgan fingerprint density at radius 2 is 2.06 bits per heavy atom. The predicted molar refractivity (Wildman–Crippen MR) is 74.7 cm³/mol. The Bertz CT molecular complexity index is 675. The van der Waals surface area contributed by atoms with Crippen molar-refractivity contribution >= 4 is 27.5 Å². The van der Waals surface area contributed by atoms with E-state index in [0.717, 1.165) is 14.6 Å². The molecule has 0 aliphatic carbocycles. The van der Waals surface area contributed by atoms with Gasteiger partial charge >= 0.3 is 5.69 Å². The Morgan fingerprint density at radius 3 is 2.67 bits per heavy atom. The van der Waals surface area contributed by atoms with E-state index < -0.39 is 11.2 Å². The highest BCUT2D eigenvalue weighted by atomic mass is 79.9. The highest BCUT2D eigenvalue weighted by Gasteiger charge is 2.10. The normalized spacial score (nSPS) is 10.6.